The molecule has 0 saturated heterocycles. The van der Waals surface area contributed by atoms with Crippen LogP contribution in [0.15, 0.2) is 94.7 Å². The summed E-state index contributed by atoms with van der Waals surface area (Å²) in [6, 6.07) is 23.2. The van der Waals surface area contributed by atoms with E-state index in [1.165, 1.54) is 24.3 Å². The number of nitrogens with one attached hydrogen (secondary N) is 1. The molecule has 0 spiro atoms. The highest BCUT2D eigenvalue weighted by molar-refractivity contribution is 7.91. The van der Waals surface area contributed by atoms with Gasteiger partial charge in [-0.1, -0.05) is 66.7 Å². The molecule has 0 fully saturated rings. The van der Waals surface area contributed by atoms with Gasteiger partial charge in [0.1, 0.15) is 0 Å². The molecule has 0 aliphatic heterocycles. The van der Waals surface area contributed by atoms with Gasteiger partial charge in [-0.25, -0.2) is 16.8 Å². The maximum atomic E-state index is 13.0. The molecule has 0 aromatic heterocycles. The Morgan fingerprint density at radius 1 is 0.667 bits per heavy atom. The summed E-state index contributed by atoms with van der Waals surface area (Å²) in [6.45, 7) is 0. The lowest BCUT2D eigenvalue weighted by molar-refractivity contribution is 0.572. The molecule has 0 heterocycles. The molecule has 0 radical (unpaired) electrons. The van der Waals surface area contributed by atoms with Gasteiger partial charge in [0.2, 0.25) is 10.0 Å². The Balaban J connectivity index is 2.03. The standard InChI is InChI=1S/C20H19NO4S2/c1-26(22,23)18-13-8-14-19(15-18)27(24,25)21-20(16-9-4-2-5-10-16)17-11-6-3-7-12-17/h2-15,20-21H,1H3. The fourth-order valence-electron chi connectivity index (χ4n) is 2.71. The van der Waals surface area contributed by atoms with E-state index < -0.39 is 25.9 Å². The minimum Gasteiger partial charge on any atom is -0.224 e. The molecule has 1 N–H and O–H groups in total. The third-order valence-corrected chi connectivity index (χ3v) is 6.61. The smallest absolute Gasteiger partial charge is 0.224 e. The highest BCUT2D eigenvalue weighted by Gasteiger charge is 2.23. The van der Waals surface area contributed by atoms with Crippen molar-refractivity contribution in [2.75, 3.05) is 6.26 Å². The predicted octanol–water partition coefficient (Wildman–Crippen LogP) is 3.16. The highest BCUT2D eigenvalue weighted by atomic mass is 32.2. The largest absolute Gasteiger partial charge is 0.241 e. The van der Waals surface area contributed by atoms with Crippen molar-refractivity contribution < 1.29 is 16.8 Å². The average molecular weight is 402 g/mol. The van der Waals surface area contributed by atoms with E-state index in [2.05, 4.69) is 4.72 Å². The fourth-order valence-corrected chi connectivity index (χ4v) is 4.71. The van der Waals surface area contributed by atoms with E-state index in [9.17, 15) is 16.8 Å². The van der Waals surface area contributed by atoms with Crippen LogP contribution in [0.1, 0.15) is 17.2 Å². The van der Waals surface area contributed by atoms with Gasteiger partial charge in [0.15, 0.2) is 9.84 Å². The molecule has 0 unspecified atom stereocenters. The van der Waals surface area contributed by atoms with Crippen LogP contribution in [0.2, 0.25) is 0 Å². The van der Waals surface area contributed by atoms with E-state index in [0.717, 1.165) is 17.4 Å². The summed E-state index contributed by atoms with van der Waals surface area (Å²) < 4.78 is 52.1. The normalized spacial score (nSPS) is 12.2. The number of hydrogen-bond donors (Lipinski definition) is 1. The summed E-state index contributed by atoms with van der Waals surface area (Å²) in [6.07, 6.45) is 1.04. The van der Waals surface area contributed by atoms with Gasteiger partial charge in [0, 0.05) is 6.26 Å². The molecule has 0 amide bonds. The van der Waals surface area contributed by atoms with Crippen molar-refractivity contribution in [3.63, 3.8) is 0 Å². The van der Waals surface area contributed by atoms with Crippen molar-refractivity contribution in [3.05, 3.63) is 96.1 Å². The Bertz CT molecular complexity index is 1090. The molecule has 5 nitrogen and oxygen atoms in total. The maximum Gasteiger partial charge on any atom is 0.241 e. The summed E-state index contributed by atoms with van der Waals surface area (Å²) in [5, 5.41) is 0. The van der Waals surface area contributed by atoms with Crippen molar-refractivity contribution in [2.45, 2.75) is 15.8 Å². The minimum atomic E-state index is -3.95. The Labute approximate surface area is 159 Å². The van der Waals surface area contributed by atoms with E-state index in [4.69, 9.17) is 0 Å². The quantitative estimate of drug-likeness (QED) is 0.688. The second kappa shape index (κ2) is 7.64. The second-order valence-corrected chi connectivity index (χ2v) is 9.85. The van der Waals surface area contributed by atoms with Gasteiger partial charge in [0.25, 0.3) is 0 Å². The third-order valence-electron chi connectivity index (χ3n) is 4.08. The minimum absolute atomic E-state index is 0.0404. The molecule has 0 saturated carbocycles. The zero-order chi connectivity index (χ0) is 19.5. The van der Waals surface area contributed by atoms with Crippen LogP contribution in [0.4, 0.5) is 0 Å². The van der Waals surface area contributed by atoms with E-state index >= 15 is 0 Å². The Kier molecular flexibility index (Phi) is 5.46. The molecular formula is C20H19NO4S2. The number of rotatable bonds is 6. The van der Waals surface area contributed by atoms with Gasteiger partial charge >= 0.3 is 0 Å². The van der Waals surface area contributed by atoms with Crippen LogP contribution >= 0.6 is 0 Å². The van der Waals surface area contributed by atoms with Gasteiger partial charge in [-0.3, -0.25) is 0 Å². The summed E-state index contributed by atoms with van der Waals surface area (Å²) in [7, 11) is -7.46. The molecule has 0 aliphatic rings. The monoisotopic (exact) mass is 401 g/mol. The summed E-state index contributed by atoms with van der Waals surface area (Å²) in [4.78, 5) is -0.136. The van der Waals surface area contributed by atoms with E-state index in [1.54, 1.807) is 0 Å². The second-order valence-electron chi connectivity index (χ2n) is 6.12. The number of hydrogen-bond acceptors (Lipinski definition) is 4. The number of benzene rings is 3. The molecule has 3 aromatic rings. The van der Waals surface area contributed by atoms with Gasteiger partial charge in [0.05, 0.1) is 15.8 Å². The van der Waals surface area contributed by atoms with E-state index in [-0.39, 0.29) is 9.79 Å². The van der Waals surface area contributed by atoms with Crippen LogP contribution in [-0.2, 0) is 19.9 Å². The lowest BCUT2D eigenvalue weighted by Gasteiger charge is -2.20. The first-order valence-electron chi connectivity index (χ1n) is 8.20. The van der Waals surface area contributed by atoms with Crippen LogP contribution < -0.4 is 4.72 Å². The fraction of sp³-hybridized carbons (Fsp3) is 0.100. The third kappa shape index (κ3) is 4.63. The molecule has 0 bridgehead atoms. The predicted molar refractivity (Wildman–Crippen MR) is 105 cm³/mol. The maximum absolute atomic E-state index is 13.0. The van der Waals surface area contributed by atoms with Gasteiger partial charge in [-0.2, -0.15) is 4.72 Å². The van der Waals surface area contributed by atoms with E-state index in [0.29, 0.717) is 0 Å². The molecule has 3 aromatic carbocycles. The van der Waals surface area contributed by atoms with Crippen molar-refractivity contribution in [2.24, 2.45) is 0 Å². The first-order valence-corrected chi connectivity index (χ1v) is 11.6. The molecular weight excluding hydrogens is 382 g/mol. The van der Waals surface area contributed by atoms with Crippen molar-refractivity contribution >= 4 is 19.9 Å². The summed E-state index contributed by atoms with van der Waals surface area (Å²) in [5.41, 5.74) is 1.57. The van der Waals surface area contributed by atoms with Crippen LogP contribution in [0.5, 0.6) is 0 Å². The van der Waals surface area contributed by atoms with Crippen LogP contribution in [0, 0.1) is 0 Å². The molecule has 0 atom stereocenters. The number of sulfonamides is 1. The summed E-state index contributed by atoms with van der Waals surface area (Å²) in [5.74, 6) is 0. The van der Waals surface area contributed by atoms with Crippen LogP contribution in [0.3, 0.4) is 0 Å². The lowest BCUT2D eigenvalue weighted by atomic mass is 10.00. The van der Waals surface area contributed by atoms with Crippen molar-refractivity contribution in [3.8, 4) is 0 Å². The lowest BCUT2D eigenvalue weighted by Crippen LogP contribution is -2.29. The highest BCUT2D eigenvalue weighted by Crippen LogP contribution is 2.25. The Morgan fingerprint density at radius 2 is 1.15 bits per heavy atom. The molecule has 0 aliphatic carbocycles. The Morgan fingerprint density at radius 3 is 1.63 bits per heavy atom. The van der Waals surface area contributed by atoms with Gasteiger partial charge in [-0.15, -0.1) is 0 Å². The topological polar surface area (TPSA) is 80.3 Å². The zero-order valence-electron chi connectivity index (χ0n) is 14.6. The van der Waals surface area contributed by atoms with Crippen LogP contribution in [-0.4, -0.2) is 23.1 Å². The first kappa shape index (κ1) is 19.3. The first-order chi connectivity index (χ1) is 12.8. The molecule has 27 heavy (non-hydrogen) atoms. The van der Waals surface area contributed by atoms with Crippen molar-refractivity contribution in [1.82, 2.24) is 4.72 Å². The average Bonchev–Trinajstić information content (AvgIpc) is 2.67. The number of sulfone groups is 1. The SMILES string of the molecule is CS(=O)(=O)c1cccc(S(=O)(=O)NC(c2ccccc2)c2ccccc2)c1. The molecule has 140 valence electrons. The van der Waals surface area contributed by atoms with Crippen molar-refractivity contribution in [1.29, 1.82) is 0 Å². The van der Waals surface area contributed by atoms with E-state index in [1.807, 2.05) is 60.7 Å². The van der Waals surface area contributed by atoms with Gasteiger partial charge in [-0.05, 0) is 29.3 Å². The Hall–Kier alpha value is -2.48. The summed E-state index contributed by atoms with van der Waals surface area (Å²) >= 11 is 0. The molecule has 7 heteroatoms. The zero-order valence-corrected chi connectivity index (χ0v) is 16.2. The van der Waals surface area contributed by atoms with Gasteiger partial charge < -0.3 is 0 Å². The van der Waals surface area contributed by atoms with Crippen LogP contribution in [0.25, 0.3) is 0 Å². The molecule has 3 rings (SSSR count).